The number of carbonyl (C=O) groups is 1. The first-order valence-corrected chi connectivity index (χ1v) is 6.61. The molecule has 1 amide bonds. The molecule has 1 heterocycles. The van der Waals surface area contributed by atoms with E-state index >= 15 is 0 Å². The van der Waals surface area contributed by atoms with Crippen LogP contribution in [0.5, 0.6) is 0 Å². The highest BCUT2D eigenvalue weighted by atomic mass is 35.5. The minimum absolute atomic E-state index is 0.199. The summed E-state index contributed by atoms with van der Waals surface area (Å²) in [5.41, 5.74) is 0. The van der Waals surface area contributed by atoms with Crippen molar-refractivity contribution in [2.24, 2.45) is 0 Å². The summed E-state index contributed by atoms with van der Waals surface area (Å²) in [6.45, 7) is 7.50. The zero-order valence-electron chi connectivity index (χ0n) is 11.4. The van der Waals surface area contributed by atoms with Crippen LogP contribution in [-0.4, -0.2) is 37.0 Å². The Hall–Kier alpha value is -1.00. The minimum atomic E-state index is -0.225. The lowest BCUT2D eigenvalue weighted by Crippen LogP contribution is -2.39. The Bertz CT molecular complexity index is 390. The second-order valence-corrected chi connectivity index (χ2v) is 5.10. The van der Waals surface area contributed by atoms with Crippen LogP contribution in [-0.2, 0) is 0 Å². The molecule has 0 spiro atoms. The standard InChI is InChI=1S/C13H21ClN2O2/c1-5-16(4)9(2)8-15-13(17)12-7-6-11(18-12)10(3)14/h6-7,9-10H,5,8H2,1-4H3,(H,15,17). The van der Waals surface area contributed by atoms with Gasteiger partial charge in [0.15, 0.2) is 5.76 Å². The first-order chi connectivity index (χ1) is 8.45. The maximum atomic E-state index is 11.8. The minimum Gasteiger partial charge on any atom is -0.454 e. The lowest BCUT2D eigenvalue weighted by atomic mass is 10.3. The molecule has 0 fully saturated rings. The summed E-state index contributed by atoms with van der Waals surface area (Å²) in [7, 11) is 2.02. The van der Waals surface area contributed by atoms with Crippen LogP contribution in [0.1, 0.15) is 42.5 Å². The maximum absolute atomic E-state index is 11.8. The normalized spacial score (nSPS) is 14.6. The molecule has 0 aliphatic carbocycles. The van der Waals surface area contributed by atoms with E-state index in [1.54, 1.807) is 19.1 Å². The number of hydrogen-bond donors (Lipinski definition) is 1. The molecule has 0 saturated heterocycles. The lowest BCUT2D eigenvalue weighted by molar-refractivity contribution is 0.0912. The van der Waals surface area contributed by atoms with Crippen LogP contribution in [0.2, 0.25) is 0 Å². The van der Waals surface area contributed by atoms with Crippen molar-refractivity contribution in [1.82, 2.24) is 10.2 Å². The Morgan fingerprint density at radius 3 is 2.67 bits per heavy atom. The van der Waals surface area contributed by atoms with Crippen LogP contribution in [0.25, 0.3) is 0 Å². The summed E-state index contributed by atoms with van der Waals surface area (Å²) in [4.78, 5) is 14.0. The number of nitrogens with one attached hydrogen (secondary N) is 1. The second kappa shape index (κ2) is 6.81. The number of nitrogens with zero attached hydrogens (tertiary/aromatic N) is 1. The molecule has 0 bridgehead atoms. The third-order valence-electron chi connectivity index (χ3n) is 3.05. The number of amides is 1. The van der Waals surface area contributed by atoms with E-state index in [2.05, 4.69) is 24.1 Å². The SMILES string of the molecule is CCN(C)C(C)CNC(=O)c1ccc(C(C)Cl)o1. The van der Waals surface area contributed by atoms with Gasteiger partial charge in [-0.15, -0.1) is 11.6 Å². The van der Waals surface area contributed by atoms with Crippen LogP contribution < -0.4 is 5.32 Å². The summed E-state index contributed by atoms with van der Waals surface area (Å²) in [6.07, 6.45) is 0. The quantitative estimate of drug-likeness (QED) is 0.810. The van der Waals surface area contributed by atoms with Crippen LogP contribution in [0, 0.1) is 0 Å². The van der Waals surface area contributed by atoms with Gasteiger partial charge < -0.3 is 14.6 Å². The molecule has 0 saturated carbocycles. The second-order valence-electron chi connectivity index (χ2n) is 4.45. The number of likely N-dealkylation sites (N-methyl/N-ethyl adjacent to an activating group) is 1. The summed E-state index contributed by atoms with van der Waals surface area (Å²) >= 11 is 5.88. The van der Waals surface area contributed by atoms with Crippen molar-refractivity contribution in [1.29, 1.82) is 0 Å². The largest absolute Gasteiger partial charge is 0.454 e. The molecule has 102 valence electrons. The first-order valence-electron chi connectivity index (χ1n) is 6.18. The van der Waals surface area contributed by atoms with Crippen molar-refractivity contribution >= 4 is 17.5 Å². The van der Waals surface area contributed by atoms with Gasteiger partial charge in [0.1, 0.15) is 5.76 Å². The predicted molar refractivity (Wildman–Crippen MR) is 73.1 cm³/mol. The van der Waals surface area contributed by atoms with Crippen LogP contribution in [0.3, 0.4) is 0 Å². The summed E-state index contributed by atoms with van der Waals surface area (Å²) in [6, 6.07) is 3.67. The Kier molecular flexibility index (Phi) is 5.69. The molecule has 4 nitrogen and oxygen atoms in total. The van der Waals surface area contributed by atoms with Crippen molar-refractivity contribution in [3.05, 3.63) is 23.7 Å². The number of furan rings is 1. The van der Waals surface area contributed by atoms with Gasteiger partial charge in [0.25, 0.3) is 5.91 Å². The van der Waals surface area contributed by atoms with E-state index in [4.69, 9.17) is 16.0 Å². The number of hydrogen-bond acceptors (Lipinski definition) is 3. The van der Waals surface area contributed by atoms with Crippen molar-refractivity contribution in [2.75, 3.05) is 20.1 Å². The summed E-state index contributed by atoms with van der Waals surface area (Å²) in [5, 5.41) is 2.62. The summed E-state index contributed by atoms with van der Waals surface area (Å²) in [5.74, 6) is 0.722. The molecule has 0 radical (unpaired) electrons. The Morgan fingerprint density at radius 2 is 2.17 bits per heavy atom. The van der Waals surface area contributed by atoms with E-state index in [-0.39, 0.29) is 11.3 Å². The molecule has 0 aromatic carbocycles. The zero-order chi connectivity index (χ0) is 13.7. The van der Waals surface area contributed by atoms with E-state index in [0.29, 0.717) is 24.1 Å². The Morgan fingerprint density at radius 1 is 1.50 bits per heavy atom. The van der Waals surface area contributed by atoms with Crippen molar-refractivity contribution in [3.8, 4) is 0 Å². The highest BCUT2D eigenvalue weighted by molar-refractivity contribution is 6.20. The fraction of sp³-hybridized carbons (Fsp3) is 0.615. The predicted octanol–water partition coefficient (Wildman–Crippen LogP) is 2.65. The van der Waals surface area contributed by atoms with Crippen molar-refractivity contribution < 1.29 is 9.21 Å². The first kappa shape index (κ1) is 15.1. The molecule has 1 rings (SSSR count). The number of carbonyl (C=O) groups excluding carboxylic acids is 1. The Labute approximate surface area is 113 Å². The molecule has 1 N–H and O–H groups in total. The average molecular weight is 273 g/mol. The molecule has 18 heavy (non-hydrogen) atoms. The fourth-order valence-corrected chi connectivity index (χ4v) is 1.60. The highest BCUT2D eigenvalue weighted by Gasteiger charge is 2.15. The molecule has 5 heteroatoms. The van der Waals surface area contributed by atoms with Gasteiger partial charge in [0, 0.05) is 12.6 Å². The number of alkyl halides is 1. The fourth-order valence-electron chi connectivity index (χ4n) is 1.48. The van der Waals surface area contributed by atoms with Crippen LogP contribution >= 0.6 is 11.6 Å². The number of rotatable bonds is 6. The van der Waals surface area contributed by atoms with Gasteiger partial charge in [-0.05, 0) is 39.6 Å². The van der Waals surface area contributed by atoms with Gasteiger partial charge >= 0.3 is 0 Å². The van der Waals surface area contributed by atoms with Crippen LogP contribution in [0.15, 0.2) is 16.5 Å². The molecule has 2 unspecified atom stereocenters. The molecular formula is C13H21ClN2O2. The smallest absolute Gasteiger partial charge is 0.287 e. The number of halogens is 1. The van der Waals surface area contributed by atoms with Gasteiger partial charge in [0.05, 0.1) is 5.38 Å². The van der Waals surface area contributed by atoms with Crippen molar-refractivity contribution in [2.45, 2.75) is 32.2 Å². The lowest BCUT2D eigenvalue weighted by Gasteiger charge is -2.22. The summed E-state index contributed by atoms with van der Waals surface area (Å²) < 4.78 is 5.37. The molecule has 0 aliphatic rings. The van der Waals surface area contributed by atoms with Gasteiger partial charge in [0.2, 0.25) is 0 Å². The third kappa shape index (κ3) is 4.03. The maximum Gasteiger partial charge on any atom is 0.287 e. The van der Waals surface area contributed by atoms with Gasteiger partial charge in [-0.25, -0.2) is 0 Å². The van der Waals surface area contributed by atoms with Gasteiger partial charge in [-0.1, -0.05) is 6.92 Å². The van der Waals surface area contributed by atoms with E-state index in [1.807, 2.05) is 7.05 Å². The third-order valence-corrected chi connectivity index (χ3v) is 3.27. The van der Waals surface area contributed by atoms with Crippen molar-refractivity contribution in [3.63, 3.8) is 0 Å². The zero-order valence-corrected chi connectivity index (χ0v) is 12.1. The van der Waals surface area contributed by atoms with E-state index < -0.39 is 0 Å². The molecule has 0 aliphatic heterocycles. The molecule has 1 aromatic rings. The highest BCUT2D eigenvalue weighted by Crippen LogP contribution is 2.21. The monoisotopic (exact) mass is 272 g/mol. The van der Waals surface area contributed by atoms with Gasteiger partial charge in [-0.3, -0.25) is 4.79 Å². The molecule has 1 aromatic heterocycles. The average Bonchev–Trinajstić information content (AvgIpc) is 2.84. The molecular weight excluding hydrogens is 252 g/mol. The van der Waals surface area contributed by atoms with Crippen LogP contribution in [0.4, 0.5) is 0 Å². The Balaban J connectivity index is 2.50. The van der Waals surface area contributed by atoms with E-state index in [0.717, 1.165) is 6.54 Å². The topological polar surface area (TPSA) is 45.5 Å². The van der Waals surface area contributed by atoms with E-state index in [9.17, 15) is 4.79 Å². The van der Waals surface area contributed by atoms with Gasteiger partial charge in [-0.2, -0.15) is 0 Å². The van der Waals surface area contributed by atoms with E-state index in [1.165, 1.54) is 0 Å². The molecule has 2 atom stereocenters.